The molecule has 1 amide bonds. The van der Waals surface area contributed by atoms with Crippen molar-refractivity contribution in [2.45, 2.75) is 25.7 Å². The fourth-order valence-corrected chi connectivity index (χ4v) is 2.74. The molecule has 1 unspecified atom stereocenters. The van der Waals surface area contributed by atoms with Gasteiger partial charge in [0.15, 0.2) is 0 Å². The predicted octanol–water partition coefficient (Wildman–Crippen LogP) is 2.60. The Kier molecular flexibility index (Phi) is 5.01. The number of rotatable bonds is 5. The standard InChI is InChI=1S/C15H18ClNO3/c16-13-4-2-1-3-12(13)9-14(18)17-8-7-11(10-17)5-6-15(19)20/h1-4,11H,5-10H2,(H,19,20). The fraction of sp³-hybridized carbons (Fsp3) is 0.467. The SMILES string of the molecule is O=C(O)CCC1CCN(C(=O)Cc2ccccc2Cl)C1. The number of amides is 1. The van der Waals surface area contributed by atoms with Crippen molar-refractivity contribution in [3.63, 3.8) is 0 Å². The van der Waals surface area contributed by atoms with Crippen molar-refractivity contribution in [1.82, 2.24) is 4.90 Å². The Morgan fingerprint density at radius 1 is 1.35 bits per heavy atom. The molecule has 1 fully saturated rings. The molecule has 0 spiro atoms. The summed E-state index contributed by atoms with van der Waals surface area (Å²) in [5.41, 5.74) is 0.841. The molecule has 5 heteroatoms. The van der Waals surface area contributed by atoms with E-state index in [1.807, 2.05) is 23.1 Å². The van der Waals surface area contributed by atoms with Crippen molar-refractivity contribution in [3.8, 4) is 0 Å². The number of carbonyl (C=O) groups is 2. The highest BCUT2D eigenvalue weighted by molar-refractivity contribution is 6.31. The number of benzene rings is 1. The second-order valence-corrected chi connectivity index (χ2v) is 5.60. The summed E-state index contributed by atoms with van der Waals surface area (Å²) in [6.45, 7) is 1.38. The smallest absolute Gasteiger partial charge is 0.303 e. The first-order chi connectivity index (χ1) is 9.56. The van der Waals surface area contributed by atoms with E-state index in [9.17, 15) is 9.59 Å². The van der Waals surface area contributed by atoms with E-state index >= 15 is 0 Å². The van der Waals surface area contributed by atoms with Gasteiger partial charge in [0.2, 0.25) is 5.91 Å². The lowest BCUT2D eigenvalue weighted by Crippen LogP contribution is -2.30. The van der Waals surface area contributed by atoms with Crippen LogP contribution in [0.5, 0.6) is 0 Å². The lowest BCUT2D eigenvalue weighted by molar-refractivity contribution is -0.137. The van der Waals surface area contributed by atoms with Crippen molar-refractivity contribution in [2.75, 3.05) is 13.1 Å². The Hall–Kier alpha value is -1.55. The number of aliphatic carboxylic acids is 1. The largest absolute Gasteiger partial charge is 0.481 e. The molecule has 1 heterocycles. The zero-order valence-corrected chi connectivity index (χ0v) is 12.0. The molecule has 1 aliphatic rings. The second-order valence-electron chi connectivity index (χ2n) is 5.20. The highest BCUT2D eigenvalue weighted by Crippen LogP contribution is 2.23. The Morgan fingerprint density at radius 2 is 2.10 bits per heavy atom. The summed E-state index contributed by atoms with van der Waals surface area (Å²) in [4.78, 5) is 24.6. The van der Waals surface area contributed by atoms with Crippen molar-refractivity contribution in [3.05, 3.63) is 34.9 Å². The third-order valence-corrected chi connectivity index (χ3v) is 4.07. The molecular formula is C15H18ClNO3. The molecule has 4 nitrogen and oxygen atoms in total. The number of hydrogen-bond acceptors (Lipinski definition) is 2. The lowest BCUT2D eigenvalue weighted by Gasteiger charge is -2.17. The molecule has 0 bridgehead atoms. The Balaban J connectivity index is 1.85. The van der Waals surface area contributed by atoms with Gasteiger partial charge in [-0.25, -0.2) is 0 Å². The van der Waals surface area contributed by atoms with Gasteiger partial charge in [-0.1, -0.05) is 29.8 Å². The van der Waals surface area contributed by atoms with Gasteiger partial charge in [-0.2, -0.15) is 0 Å². The molecule has 108 valence electrons. The summed E-state index contributed by atoms with van der Waals surface area (Å²) < 4.78 is 0. The number of likely N-dealkylation sites (tertiary alicyclic amines) is 1. The average molecular weight is 296 g/mol. The molecular weight excluding hydrogens is 278 g/mol. The highest BCUT2D eigenvalue weighted by Gasteiger charge is 2.26. The first-order valence-electron chi connectivity index (χ1n) is 6.79. The van der Waals surface area contributed by atoms with Gasteiger partial charge in [-0.3, -0.25) is 9.59 Å². The van der Waals surface area contributed by atoms with Crippen molar-refractivity contribution in [2.24, 2.45) is 5.92 Å². The van der Waals surface area contributed by atoms with E-state index in [2.05, 4.69) is 0 Å². The molecule has 0 saturated carbocycles. The monoisotopic (exact) mass is 295 g/mol. The van der Waals surface area contributed by atoms with Crippen molar-refractivity contribution >= 4 is 23.5 Å². The Labute approximate surface area is 123 Å². The minimum Gasteiger partial charge on any atom is -0.481 e. The number of nitrogens with zero attached hydrogens (tertiary/aromatic N) is 1. The fourth-order valence-electron chi connectivity index (χ4n) is 2.54. The Morgan fingerprint density at radius 3 is 2.80 bits per heavy atom. The van der Waals surface area contributed by atoms with E-state index in [1.54, 1.807) is 6.07 Å². The molecule has 1 aromatic carbocycles. The van der Waals surface area contributed by atoms with Gasteiger partial charge >= 0.3 is 5.97 Å². The minimum absolute atomic E-state index is 0.0657. The van der Waals surface area contributed by atoms with Crippen LogP contribution >= 0.6 is 11.6 Å². The van der Waals surface area contributed by atoms with Crippen LogP contribution in [-0.4, -0.2) is 35.0 Å². The molecule has 1 N–H and O–H groups in total. The van der Waals surface area contributed by atoms with Crippen molar-refractivity contribution < 1.29 is 14.7 Å². The third kappa shape index (κ3) is 3.97. The zero-order valence-electron chi connectivity index (χ0n) is 11.2. The highest BCUT2D eigenvalue weighted by atomic mass is 35.5. The quantitative estimate of drug-likeness (QED) is 0.908. The molecule has 1 atom stereocenters. The first kappa shape index (κ1) is 14.9. The molecule has 1 aromatic rings. The molecule has 20 heavy (non-hydrogen) atoms. The number of hydrogen-bond donors (Lipinski definition) is 1. The van der Waals surface area contributed by atoms with Crippen LogP contribution in [0.4, 0.5) is 0 Å². The van der Waals surface area contributed by atoms with Gasteiger partial charge in [0.1, 0.15) is 0 Å². The summed E-state index contributed by atoms with van der Waals surface area (Å²) >= 11 is 6.05. The Bertz CT molecular complexity index is 504. The van der Waals surface area contributed by atoms with Gasteiger partial charge in [0, 0.05) is 24.5 Å². The lowest BCUT2D eigenvalue weighted by atomic mass is 10.0. The molecule has 2 rings (SSSR count). The van der Waals surface area contributed by atoms with Crippen LogP contribution in [0.3, 0.4) is 0 Å². The van der Waals surface area contributed by atoms with Gasteiger partial charge in [-0.15, -0.1) is 0 Å². The normalized spacial score (nSPS) is 18.2. The maximum Gasteiger partial charge on any atom is 0.303 e. The number of carboxylic acid groups (broad SMARTS) is 1. The second kappa shape index (κ2) is 6.75. The maximum absolute atomic E-state index is 12.2. The van der Waals surface area contributed by atoms with Crippen LogP contribution in [0.15, 0.2) is 24.3 Å². The van der Waals surface area contributed by atoms with Crippen LogP contribution in [0, 0.1) is 5.92 Å². The number of halogens is 1. The summed E-state index contributed by atoms with van der Waals surface area (Å²) in [6.07, 6.45) is 2.02. The van der Waals surface area contributed by atoms with E-state index < -0.39 is 5.97 Å². The molecule has 0 aliphatic carbocycles. The van der Waals surface area contributed by atoms with Crippen LogP contribution in [0.2, 0.25) is 5.02 Å². The zero-order chi connectivity index (χ0) is 14.5. The van der Waals surface area contributed by atoms with E-state index in [0.29, 0.717) is 36.9 Å². The predicted molar refractivity (Wildman–Crippen MR) is 76.7 cm³/mol. The number of carboxylic acids is 1. The van der Waals surface area contributed by atoms with E-state index in [1.165, 1.54) is 0 Å². The van der Waals surface area contributed by atoms with Gasteiger partial charge in [0.25, 0.3) is 0 Å². The van der Waals surface area contributed by atoms with E-state index in [0.717, 1.165) is 12.0 Å². The molecule has 1 aliphatic heterocycles. The van der Waals surface area contributed by atoms with E-state index in [4.69, 9.17) is 16.7 Å². The molecule has 0 radical (unpaired) electrons. The summed E-state index contributed by atoms with van der Waals surface area (Å²) in [7, 11) is 0. The minimum atomic E-state index is -0.772. The van der Waals surface area contributed by atoms with Gasteiger partial charge in [0.05, 0.1) is 6.42 Å². The molecule has 0 aromatic heterocycles. The van der Waals surface area contributed by atoms with Crippen LogP contribution in [-0.2, 0) is 16.0 Å². The van der Waals surface area contributed by atoms with Crippen LogP contribution < -0.4 is 0 Å². The van der Waals surface area contributed by atoms with E-state index in [-0.39, 0.29) is 12.3 Å². The van der Waals surface area contributed by atoms with Crippen LogP contribution in [0.25, 0.3) is 0 Å². The maximum atomic E-state index is 12.2. The molecule has 1 saturated heterocycles. The average Bonchev–Trinajstić information content (AvgIpc) is 2.88. The summed E-state index contributed by atoms with van der Waals surface area (Å²) in [5.74, 6) is -0.400. The van der Waals surface area contributed by atoms with Gasteiger partial charge in [-0.05, 0) is 30.4 Å². The number of carbonyl (C=O) groups excluding carboxylic acids is 1. The summed E-state index contributed by atoms with van der Waals surface area (Å²) in [5, 5.41) is 9.29. The van der Waals surface area contributed by atoms with Gasteiger partial charge < -0.3 is 10.0 Å². The van der Waals surface area contributed by atoms with Crippen molar-refractivity contribution in [1.29, 1.82) is 0 Å². The summed E-state index contributed by atoms with van der Waals surface area (Å²) in [6, 6.07) is 7.35. The topological polar surface area (TPSA) is 57.6 Å². The third-order valence-electron chi connectivity index (χ3n) is 3.70. The first-order valence-corrected chi connectivity index (χ1v) is 7.17. The van der Waals surface area contributed by atoms with Crippen LogP contribution in [0.1, 0.15) is 24.8 Å².